The van der Waals surface area contributed by atoms with E-state index in [1.54, 1.807) is 0 Å². The monoisotopic (exact) mass is 213 g/mol. The minimum absolute atomic E-state index is 0.114. The molecule has 0 aliphatic rings. The van der Waals surface area contributed by atoms with Crippen molar-refractivity contribution in [1.82, 2.24) is 5.32 Å². The molecular formula is C9H18F3NO. The van der Waals surface area contributed by atoms with Crippen LogP contribution in [0.5, 0.6) is 0 Å². The number of alkyl halides is 3. The van der Waals surface area contributed by atoms with Crippen LogP contribution >= 0.6 is 0 Å². The van der Waals surface area contributed by atoms with Gasteiger partial charge >= 0.3 is 6.18 Å². The van der Waals surface area contributed by atoms with E-state index in [0.29, 0.717) is 19.8 Å². The van der Waals surface area contributed by atoms with Gasteiger partial charge in [-0.2, -0.15) is 13.2 Å². The molecule has 0 aliphatic carbocycles. The van der Waals surface area contributed by atoms with Crippen molar-refractivity contribution in [3.05, 3.63) is 0 Å². The Kier molecular flexibility index (Phi) is 6.92. The van der Waals surface area contributed by atoms with Gasteiger partial charge in [0, 0.05) is 19.1 Å². The number of halogens is 3. The second-order valence-corrected chi connectivity index (χ2v) is 3.23. The highest BCUT2D eigenvalue weighted by Gasteiger charge is 2.25. The Morgan fingerprint density at radius 1 is 1.36 bits per heavy atom. The van der Waals surface area contributed by atoms with Crippen molar-refractivity contribution in [3.63, 3.8) is 0 Å². The molecule has 1 N–H and O–H groups in total. The van der Waals surface area contributed by atoms with Gasteiger partial charge in [-0.25, -0.2) is 0 Å². The lowest BCUT2D eigenvalue weighted by atomic mass is 10.3. The van der Waals surface area contributed by atoms with Crippen LogP contribution in [-0.2, 0) is 4.74 Å². The first kappa shape index (κ1) is 13.7. The molecule has 0 spiro atoms. The molecule has 0 heterocycles. The summed E-state index contributed by atoms with van der Waals surface area (Å²) in [5, 5.41) is 2.96. The Balaban J connectivity index is 3.27. The Bertz CT molecular complexity index is 139. The summed E-state index contributed by atoms with van der Waals surface area (Å²) in [5.74, 6) is 0. The zero-order valence-corrected chi connectivity index (χ0v) is 8.66. The van der Waals surface area contributed by atoms with E-state index in [1.165, 1.54) is 0 Å². The number of hydrogen-bond acceptors (Lipinski definition) is 2. The molecule has 0 aromatic rings. The Hall–Kier alpha value is -0.290. The summed E-state index contributed by atoms with van der Waals surface area (Å²) >= 11 is 0. The summed E-state index contributed by atoms with van der Waals surface area (Å²) < 4.78 is 40.3. The summed E-state index contributed by atoms with van der Waals surface area (Å²) in [6, 6.07) is 0.114. The summed E-state index contributed by atoms with van der Waals surface area (Å²) in [4.78, 5) is 0. The van der Waals surface area contributed by atoms with E-state index in [4.69, 9.17) is 4.74 Å². The average molecular weight is 213 g/mol. The van der Waals surface area contributed by atoms with Gasteiger partial charge < -0.3 is 10.1 Å². The van der Waals surface area contributed by atoms with Crippen LogP contribution in [0.25, 0.3) is 0 Å². The summed E-state index contributed by atoms with van der Waals surface area (Å²) in [6.45, 7) is 5.34. The lowest BCUT2D eigenvalue weighted by Gasteiger charge is -2.13. The van der Waals surface area contributed by atoms with E-state index in [2.05, 4.69) is 5.32 Å². The summed E-state index contributed by atoms with van der Waals surface area (Å²) in [6.07, 6.45) is -4.63. The molecule has 1 atom stereocenters. The molecule has 0 saturated carbocycles. The number of nitrogens with one attached hydrogen (secondary N) is 1. The van der Waals surface area contributed by atoms with Crippen molar-refractivity contribution < 1.29 is 17.9 Å². The van der Waals surface area contributed by atoms with Crippen molar-refractivity contribution in [2.75, 3.05) is 19.8 Å². The first-order valence-electron chi connectivity index (χ1n) is 4.83. The van der Waals surface area contributed by atoms with E-state index < -0.39 is 12.6 Å². The maximum atomic E-state index is 11.7. The van der Waals surface area contributed by atoms with Crippen LogP contribution in [0, 0.1) is 0 Å². The first-order valence-corrected chi connectivity index (χ1v) is 4.83. The smallest absolute Gasteiger partial charge is 0.380 e. The van der Waals surface area contributed by atoms with Crippen LogP contribution in [0.3, 0.4) is 0 Å². The van der Waals surface area contributed by atoms with E-state index in [9.17, 15) is 13.2 Å². The molecule has 5 heteroatoms. The third kappa shape index (κ3) is 9.80. The third-order valence-electron chi connectivity index (χ3n) is 1.70. The molecule has 0 aromatic carbocycles. The summed E-state index contributed by atoms with van der Waals surface area (Å²) in [7, 11) is 0. The van der Waals surface area contributed by atoms with E-state index in [1.807, 2.05) is 13.8 Å². The van der Waals surface area contributed by atoms with Crippen LogP contribution in [-0.4, -0.2) is 32.0 Å². The molecule has 2 nitrogen and oxygen atoms in total. The van der Waals surface area contributed by atoms with Gasteiger partial charge in [-0.15, -0.1) is 0 Å². The maximum Gasteiger partial charge on any atom is 0.389 e. The third-order valence-corrected chi connectivity index (χ3v) is 1.70. The average Bonchev–Trinajstić information content (AvgIpc) is 2.07. The van der Waals surface area contributed by atoms with Gasteiger partial charge in [0.1, 0.15) is 0 Å². The van der Waals surface area contributed by atoms with Crippen molar-refractivity contribution in [1.29, 1.82) is 0 Å². The number of hydrogen-bond donors (Lipinski definition) is 1. The van der Waals surface area contributed by atoms with Crippen molar-refractivity contribution in [2.45, 2.75) is 38.9 Å². The molecule has 0 aliphatic heterocycles. The van der Waals surface area contributed by atoms with Gasteiger partial charge in [-0.3, -0.25) is 0 Å². The largest absolute Gasteiger partial charge is 0.389 e. The number of rotatable bonds is 7. The molecule has 0 fully saturated rings. The van der Waals surface area contributed by atoms with E-state index in [-0.39, 0.29) is 12.5 Å². The fraction of sp³-hybridized carbons (Fsp3) is 1.00. The van der Waals surface area contributed by atoms with Crippen LogP contribution < -0.4 is 5.32 Å². The van der Waals surface area contributed by atoms with Crippen molar-refractivity contribution in [3.8, 4) is 0 Å². The van der Waals surface area contributed by atoms with E-state index in [0.717, 1.165) is 0 Å². The molecule has 0 aromatic heterocycles. The molecule has 0 saturated heterocycles. The lowest BCUT2D eigenvalue weighted by molar-refractivity contribution is -0.135. The molecule has 0 amide bonds. The highest BCUT2D eigenvalue weighted by molar-refractivity contribution is 4.60. The maximum absolute atomic E-state index is 11.7. The molecule has 0 radical (unpaired) electrons. The van der Waals surface area contributed by atoms with Crippen LogP contribution in [0.2, 0.25) is 0 Å². The Labute approximate surface area is 82.8 Å². The summed E-state index contributed by atoms with van der Waals surface area (Å²) in [5.41, 5.74) is 0. The van der Waals surface area contributed by atoms with Crippen molar-refractivity contribution >= 4 is 0 Å². The van der Waals surface area contributed by atoms with E-state index >= 15 is 0 Å². The Morgan fingerprint density at radius 2 is 2.00 bits per heavy atom. The second-order valence-electron chi connectivity index (χ2n) is 3.23. The highest BCUT2D eigenvalue weighted by atomic mass is 19.4. The SMILES string of the molecule is CCOCC(C)NCCCC(F)(F)F. The molecule has 0 rings (SSSR count). The predicted octanol–water partition coefficient (Wildman–Crippen LogP) is 2.34. The van der Waals surface area contributed by atoms with Gasteiger partial charge in [0.05, 0.1) is 6.61 Å². The zero-order chi connectivity index (χ0) is 11.0. The topological polar surface area (TPSA) is 21.3 Å². The van der Waals surface area contributed by atoms with Gasteiger partial charge in [0.2, 0.25) is 0 Å². The van der Waals surface area contributed by atoms with Crippen LogP contribution in [0.1, 0.15) is 26.7 Å². The van der Waals surface area contributed by atoms with Crippen LogP contribution in [0.15, 0.2) is 0 Å². The number of ether oxygens (including phenoxy) is 1. The van der Waals surface area contributed by atoms with Gasteiger partial charge in [-0.1, -0.05) is 0 Å². The van der Waals surface area contributed by atoms with Crippen molar-refractivity contribution in [2.24, 2.45) is 0 Å². The minimum Gasteiger partial charge on any atom is -0.380 e. The fourth-order valence-electron chi connectivity index (χ4n) is 0.991. The molecule has 86 valence electrons. The normalized spacial score (nSPS) is 14.4. The second kappa shape index (κ2) is 7.06. The molecule has 14 heavy (non-hydrogen) atoms. The standard InChI is InChI=1S/C9H18F3NO/c1-3-14-7-8(2)13-6-4-5-9(10,11)12/h8,13H,3-7H2,1-2H3. The fourth-order valence-corrected chi connectivity index (χ4v) is 0.991. The Morgan fingerprint density at radius 3 is 2.50 bits per heavy atom. The minimum atomic E-state index is -4.04. The molecular weight excluding hydrogens is 195 g/mol. The lowest BCUT2D eigenvalue weighted by Crippen LogP contribution is -2.31. The van der Waals surface area contributed by atoms with Gasteiger partial charge in [0.15, 0.2) is 0 Å². The zero-order valence-electron chi connectivity index (χ0n) is 8.66. The molecule has 0 bridgehead atoms. The van der Waals surface area contributed by atoms with Gasteiger partial charge in [-0.05, 0) is 26.8 Å². The van der Waals surface area contributed by atoms with Gasteiger partial charge in [0.25, 0.3) is 0 Å². The molecule has 1 unspecified atom stereocenters. The highest BCUT2D eigenvalue weighted by Crippen LogP contribution is 2.20. The van der Waals surface area contributed by atoms with Crippen LogP contribution in [0.4, 0.5) is 13.2 Å². The quantitative estimate of drug-likeness (QED) is 0.655. The first-order chi connectivity index (χ1) is 6.45. The predicted molar refractivity (Wildman–Crippen MR) is 49.2 cm³/mol.